The molecule has 1 amide bonds. The van der Waals surface area contributed by atoms with E-state index in [1.165, 1.54) is 11.8 Å². The molecule has 1 saturated heterocycles. The summed E-state index contributed by atoms with van der Waals surface area (Å²) in [6, 6.07) is 15.9. The standard InChI is InChI=1S/C23H26ClN3OS/c24-19-8-3-2-7-17(19)11-12-21(23(28)27-15-4-1-5-16-27)26-29-22-10-6-9-20-18(22)13-14-25-20/h2-3,6-10,13-14,21,25-26H,1,4-5,11-12,15-16H2. The number of nitrogens with one attached hydrogen (secondary N) is 2. The SMILES string of the molecule is O=C(C(CCc1ccccc1Cl)NSc1cccc2[nH]ccc12)N1CCCCC1. The van der Waals surface area contributed by atoms with Gasteiger partial charge in [-0.1, -0.05) is 35.9 Å². The van der Waals surface area contributed by atoms with Crippen molar-refractivity contribution < 1.29 is 4.79 Å². The predicted octanol–water partition coefficient (Wildman–Crippen LogP) is 5.43. The number of benzene rings is 2. The van der Waals surface area contributed by atoms with Gasteiger partial charge in [0.05, 0.1) is 6.04 Å². The Balaban J connectivity index is 1.48. The van der Waals surface area contributed by atoms with E-state index in [1.807, 2.05) is 41.4 Å². The van der Waals surface area contributed by atoms with Crippen LogP contribution in [0.2, 0.25) is 5.02 Å². The Morgan fingerprint density at radius 2 is 1.93 bits per heavy atom. The summed E-state index contributed by atoms with van der Waals surface area (Å²) in [5.41, 5.74) is 2.19. The summed E-state index contributed by atoms with van der Waals surface area (Å²) < 4.78 is 3.47. The molecular formula is C23H26ClN3OS. The summed E-state index contributed by atoms with van der Waals surface area (Å²) >= 11 is 7.88. The van der Waals surface area contributed by atoms with Crippen molar-refractivity contribution in [1.29, 1.82) is 0 Å². The monoisotopic (exact) mass is 427 g/mol. The molecule has 2 heterocycles. The Hall–Kier alpha value is -1.95. The van der Waals surface area contributed by atoms with E-state index in [-0.39, 0.29) is 11.9 Å². The third-order valence-corrected chi connectivity index (χ3v) is 6.84. The molecule has 1 aliphatic heterocycles. The molecule has 1 fully saturated rings. The maximum atomic E-state index is 13.3. The van der Waals surface area contributed by atoms with Crippen molar-refractivity contribution in [2.75, 3.05) is 13.1 Å². The number of nitrogens with zero attached hydrogens (tertiary/aromatic N) is 1. The number of aromatic amines is 1. The van der Waals surface area contributed by atoms with Crippen molar-refractivity contribution in [2.45, 2.75) is 43.0 Å². The third kappa shape index (κ3) is 4.97. The van der Waals surface area contributed by atoms with Crippen LogP contribution in [-0.4, -0.2) is 34.9 Å². The largest absolute Gasteiger partial charge is 0.361 e. The van der Waals surface area contributed by atoms with Gasteiger partial charge in [-0.3, -0.25) is 4.79 Å². The molecule has 2 N–H and O–H groups in total. The van der Waals surface area contributed by atoms with Gasteiger partial charge in [0.1, 0.15) is 0 Å². The summed E-state index contributed by atoms with van der Waals surface area (Å²) in [5, 5.41) is 1.93. The second-order valence-corrected chi connectivity index (χ2v) is 8.77. The van der Waals surface area contributed by atoms with Crippen LogP contribution < -0.4 is 4.72 Å². The summed E-state index contributed by atoms with van der Waals surface area (Å²) in [6.07, 6.45) is 6.84. The Labute approximate surface area is 181 Å². The maximum Gasteiger partial charge on any atom is 0.240 e. The number of hydrogen-bond donors (Lipinski definition) is 2. The van der Waals surface area contributed by atoms with E-state index in [4.69, 9.17) is 11.6 Å². The Kier molecular flexibility index (Phi) is 6.80. The molecular weight excluding hydrogens is 402 g/mol. The fourth-order valence-electron chi connectivity index (χ4n) is 3.85. The summed E-state index contributed by atoms with van der Waals surface area (Å²) in [4.78, 5) is 19.6. The number of amides is 1. The van der Waals surface area contributed by atoms with E-state index in [0.717, 1.165) is 59.8 Å². The Morgan fingerprint density at radius 3 is 2.76 bits per heavy atom. The number of hydrogen-bond acceptors (Lipinski definition) is 3. The molecule has 0 saturated carbocycles. The number of likely N-dealkylation sites (tertiary alicyclic amines) is 1. The highest BCUT2D eigenvalue weighted by Gasteiger charge is 2.26. The Bertz CT molecular complexity index is 967. The second kappa shape index (κ2) is 9.70. The van der Waals surface area contributed by atoms with E-state index in [2.05, 4.69) is 27.9 Å². The predicted molar refractivity (Wildman–Crippen MR) is 121 cm³/mol. The second-order valence-electron chi connectivity index (χ2n) is 7.48. The molecule has 1 aromatic heterocycles. The number of aromatic nitrogens is 1. The summed E-state index contributed by atoms with van der Waals surface area (Å²) in [7, 11) is 0. The number of rotatable bonds is 7. The van der Waals surface area contributed by atoms with E-state index < -0.39 is 0 Å². The average Bonchev–Trinajstić information content (AvgIpc) is 3.25. The average molecular weight is 428 g/mol. The van der Waals surface area contributed by atoms with Crippen LogP contribution in [0.4, 0.5) is 0 Å². The van der Waals surface area contributed by atoms with Crippen molar-refractivity contribution >= 4 is 40.4 Å². The number of carbonyl (C=O) groups excluding carboxylic acids is 1. The molecule has 1 atom stereocenters. The molecule has 1 unspecified atom stereocenters. The van der Waals surface area contributed by atoms with Crippen LogP contribution in [0.25, 0.3) is 10.9 Å². The van der Waals surface area contributed by atoms with Gasteiger partial charge >= 0.3 is 0 Å². The first-order valence-electron chi connectivity index (χ1n) is 10.2. The maximum absolute atomic E-state index is 13.3. The smallest absolute Gasteiger partial charge is 0.240 e. The van der Waals surface area contributed by atoms with Crippen LogP contribution in [0.3, 0.4) is 0 Å². The van der Waals surface area contributed by atoms with E-state index in [9.17, 15) is 4.79 Å². The summed E-state index contributed by atoms with van der Waals surface area (Å²) in [6.45, 7) is 1.72. The molecule has 6 heteroatoms. The highest BCUT2D eigenvalue weighted by Crippen LogP contribution is 2.27. The normalized spacial score (nSPS) is 15.6. The van der Waals surface area contributed by atoms with Crippen molar-refractivity contribution in [3.05, 3.63) is 65.3 Å². The highest BCUT2D eigenvalue weighted by atomic mass is 35.5. The highest BCUT2D eigenvalue weighted by molar-refractivity contribution is 7.97. The van der Waals surface area contributed by atoms with Crippen LogP contribution >= 0.6 is 23.5 Å². The first-order chi connectivity index (χ1) is 14.2. The van der Waals surface area contributed by atoms with Crippen molar-refractivity contribution in [2.24, 2.45) is 0 Å². The lowest BCUT2D eigenvalue weighted by Crippen LogP contribution is -2.46. The first-order valence-corrected chi connectivity index (χ1v) is 11.4. The van der Waals surface area contributed by atoms with Crippen molar-refractivity contribution in [3.63, 3.8) is 0 Å². The lowest BCUT2D eigenvalue weighted by Gasteiger charge is -2.30. The van der Waals surface area contributed by atoms with Gasteiger partial charge in [0.15, 0.2) is 0 Å². The van der Waals surface area contributed by atoms with Gasteiger partial charge in [-0.25, -0.2) is 4.72 Å². The van der Waals surface area contributed by atoms with Crippen molar-refractivity contribution in [3.8, 4) is 0 Å². The first kappa shape index (κ1) is 20.3. The van der Waals surface area contributed by atoms with Gasteiger partial charge in [0.25, 0.3) is 0 Å². The van der Waals surface area contributed by atoms with Gasteiger partial charge in [-0.15, -0.1) is 0 Å². The molecule has 0 radical (unpaired) electrons. The number of halogens is 1. The number of carbonyl (C=O) groups is 1. The van der Waals surface area contributed by atoms with Crippen LogP contribution in [0, 0.1) is 0 Å². The minimum absolute atomic E-state index is 0.200. The number of piperidine rings is 1. The number of fused-ring (bicyclic) bond motifs is 1. The molecule has 4 rings (SSSR count). The molecule has 3 aromatic rings. The molecule has 152 valence electrons. The van der Waals surface area contributed by atoms with Crippen LogP contribution in [0.5, 0.6) is 0 Å². The van der Waals surface area contributed by atoms with Gasteiger partial charge in [0.2, 0.25) is 5.91 Å². The van der Waals surface area contributed by atoms with Crippen LogP contribution in [0.15, 0.2) is 59.6 Å². The lowest BCUT2D eigenvalue weighted by atomic mass is 10.0. The molecule has 1 aliphatic rings. The fourth-order valence-corrected chi connectivity index (χ4v) is 5.00. The molecule has 4 nitrogen and oxygen atoms in total. The number of aryl methyl sites for hydroxylation is 1. The molecule has 0 bridgehead atoms. The minimum Gasteiger partial charge on any atom is -0.361 e. The zero-order valence-electron chi connectivity index (χ0n) is 16.4. The number of H-pyrrole nitrogens is 1. The van der Waals surface area contributed by atoms with E-state index in [1.54, 1.807) is 11.9 Å². The van der Waals surface area contributed by atoms with Crippen molar-refractivity contribution in [1.82, 2.24) is 14.6 Å². The molecule has 0 spiro atoms. The topological polar surface area (TPSA) is 48.1 Å². The third-order valence-electron chi connectivity index (χ3n) is 5.49. The van der Waals surface area contributed by atoms with Crippen LogP contribution in [-0.2, 0) is 11.2 Å². The molecule has 2 aromatic carbocycles. The minimum atomic E-state index is -0.247. The zero-order valence-corrected chi connectivity index (χ0v) is 17.9. The van der Waals surface area contributed by atoms with Gasteiger partial charge in [0, 0.05) is 40.1 Å². The lowest BCUT2D eigenvalue weighted by molar-refractivity contribution is -0.133. The Morgan fingerprint density at radius 1 is 1.10 bits per heavy atom. The quantitative estimate of drug-likeness (QED) is 0.494. The van der Waals surface area contributed by atoms with E-state index in [0.29, 0.717) is 0 Å². The van der Waals surface area contributed by atoms with Crippen LogP contribution in [0.1, 0.15) is 31.2 Å². The van der Waals surface area contributed by atoms with Gasteiger partial charge in [-0.2, -0.15) is 0 Å². The zero-order chi connectivity index (χ0) is 20.1. The molecule has 29 heavy (non-hydrogen) atoms. The van der Waals surface area contributed by atoms with Gasteiger partial charge in [-0.05, 0) is 73.9 Å². The fraction of sp³-hybridized carbons (Fsp3) is 0.348. The molecule has 0 aliphatic carbocycles. The van der Waals surface area contributed by atoms with E-state index >= 15 is 0 Å². The summed E-state index contributed by atoms with van der Waals surface area (Å²) in [5.74, 6) is 0.200. The van der Waals surface area contributed by atoms with Gasteiger partial charge < -0.3 is 9.88 Å².